The number of nitrogens with zero attached hydrogens (tertiary/aromatic N) is 2. The Balaban J connectivity index is 0.00000176. The van der Waals surface area contributed by atoms with Crippen LogP contribution in [0.1, 0.15) is 28.8 Å². The molecule has 1 unspecified atom stereocenters. The number of likely N-dealkylation sites (tertiary alicyclic amines) is 1. The molecule has 2 heterocycles. The van der Waals surface area contributed by atoms with Gasteiger partial charge in [-0.3, -0.25) is 14.9 Å². The molecule has 1 spiro atoms. The Morgan fingerprint density at radius 2 is 2.18 bits per heavy atom. The second kappa shape index (κ2) is 6.22. The van der Waals surface area contributed by atoms with Crippen LogP contribution in [-0.2, 0) is 0 Å². The molecule has 0 aliphatic carbocycles. The number of benzene rings is 1. The van der Waals surface area contributed by atoms with Crippen molar-refractivity contribution in [1.29, 1.82) is 0 Å². The highest BCUT2D eigenvalue weighted by Gasteiger charge is 2.42. The van der Waals surface area contributed by atoms with Gasteiger partial charge in [0.15, 0.2) is 0 Å². The van der Waals surface area contributed by atoms with E-state index in [0.717, 1.165) is 39.0 Å². The summed E-state index contributed by atoms with van der Waals surface area (Å²) in [5, 5.41) is 14.4. The lowest BCUT2D eigenvalue weighted by molar-refractivity contribution is -0.385. The minimum absolute atomic E-state index is 0. The molecule has 120 valence electrons. The summed E-state index contributed by atoms with van der Waals surface area (Å²) in [6.07, 6.45) is 2.12. The summed E-state index contributed by atoms with van der Waals surface area (Å²) >= 11 is 0. The number of carbonyl (C=O) groups excluding carboxylic acids is 1. The Morgan fingerprint density at radius 3 is 2.82 bits per heavy atom. The summed E-state index contributed by atoms with van der Waals surface area (Å²) < 4.78 is 0. The summed E-state index contributed by atoms with van der Waals surface area (Å²) in [6.45, 7) is 5.11. The van der Waals surface area contributed by atoms with Gasteiger partial charge in [-0.25, -0.2) is 0 Å². The van der Waals surface area contributed by atoms with E-state index in [4.69, 9.17) is 0 Å². The lowest BCUT2D eigenvalue weighted by Crippen LogP contribution is -2.33. The van der Waals surface area contributed by atoms with Crippen molar-refractivity contribution in [3.8, 4) is 0 Å². The maximum Gasteiger partial charge on any atom is 0.273 e. The van der Waals surface area contributed by atoms with Crippen LogP contribution in [0.4, 0.5) is 5.69 Å². The first-order valence-corrected chi connectivity index (χ1v) is 7.26. The molecule has 1 aromatic carbocycles. The SMILES string of the molecule is Cc1c(C(=O)N2CCC3(CCNC3)C2)cccc1[N+](=O)[O-].Cl. The molecule has 2 saturated heterocycles. The van der Waals surface area contributed by atoms with E-state index in [-0.39, 0.29) is 29.4 Å². The molecule has 0 radical (unpaired) electrons. The molecule has 2 aliphatic rings. The van der Waals surface area contributed by atoms with Crippen molar-refractivity contribution in [2.45, 2.75) is 19.8 Å². The molecule has 1 amide bonds. The third kappa shape index (κ3) is 2.80. The van der Waals surface area contributed by atoms with Crippen LogP contribution in [0.3, 0.4) is 0 Å². The van der Waals surface area contributed by atoms with E-state index in [2.05, 4.69) is 5.32 Å². The fourth-order valence-corrected chi connectivity index (χ4v) is 3.48. The Hall–Kier alpha value is -1.66. The number of amides is 1. The minimum atomic E-state index is -0.432. The fraction of sp³-hybridized carbons (Fsp3) is 0.533. The van der Waals surface area contributed by atoms with E-state index >= 15 is 0 Å². The van der Waals surface area contributed by atoms with Crippen molar-refractivity contribution >= 4 is 24.0 Å². The van der Waals surface area contributed by atoms with Gasteiger partial charge < -0.3 is 10.2 Å². The van der Waals surface area contributed by atoms with Gasteiger partial charge in [-0.05, 0) is 32.4 Å². The maximum absolute atomic E-state index is 12.7. The number of rotatable bonds is 2. The molecular formula is C15H20ClN3O3. The van der Waals surface area contributed by atoms with Crippen molar-refractivity contribution in [1.82, 2.24) is 10.2 Å². The monoisotopic (exact) mass is 325 g/mol. The van der Waals surface area contributed by atoms with E-state index in [0.29, 0.717) is 11.1 Å². The van der Waals surface area contributed by atoms with Gasteiger partial charge in [0.1, 0.15) is 0 Å². The van der Waals surface area contributed by atoms with Gasteiger partial charge in [-0.1, -0.05) is 6.07 Å². The van der Waals surface area contributed by atoms with Crippen LogP contribution in [0.15, 0.2) is 18.2 Å². The second-order valence-corrected chi connectivity index (χ2v) is 6.11. The van der Waals surface area contributed by atoms with Gasteiger partial charge in [0, 0.05) is 42.2 Å². The van der Waals surface area contributed by atoms with Crippen LogP contribution in [0.2, 0.25) is 0 Å². The van der Waals surface area contributed by atoms with Crippen LogP contribution >= 0.6 is 12.4 Å². The molecule has 7 heteroatoms. The van der Waals surface area contributed by atoms with Crippen molar-refractivity contribution in [3.05, 3.63) is 39.4 Å². The zero-order valence-electron chi connectivity index (χ0n) is 12.5. The molecular weight excluding hydrogens is 306 g/mol. The predicted molar refractivity (Wildman–Crippen MR) is 85.5 cm³/mol. The van der Waals surface area contributed by atoms with Crippen molar-refractivity contribution < 1.29 is 9.72 Å². The normalized spacial score (nSPS) is 23.6. The van der Waals surface area contributed by atoms with E-state index in [1.165, 1.54) is 6.07 Å². The first-order chi connectivity index (χ1) is 10.0. The van der Waals surface area contributed by atoms with Crippen LogP contribution in [-0.4, -0.2) is 41.9 Å². The number of hydrogen-bond donors (Lipinski definition) is 1. The Morgan fingerprint density at radius 1 is 1.41 bits per heavy atom. The molecule has 0 aromatic heterocycles. The van der Waals surface area contributed by atoms with Gasteiger partial charge in [-0.2, -0.15) is 0 Å². The Bertz CT molecular complexity index is 600. The summed E-state index contributed by atoms with van der Waals surface area (Å²) in [7, 11) is 0. The highest BCUT2D eigenvalue weighted by Crippen LogP contribution is 2.37. The molecule has 3 rings (SSSR count). The van der Waals surface area contributed by atoms with Crippen LogP contribution in [0, 0.1) is 22.5 Å². The first kappa shape index (κ1) is 16.7. The standard InChI is InChI=1S/C15H19N3O3.ClH/c1-11-12(3-2-4-13(11)18(20)21)14(19)17-8-6-15(10-17)5-7-16-9-15;/h2-4,16H,5-10H2,1H3;1H. The zero-order valence-corrected chi connectivity index (χ0v) is 13.3. The van der Waals surface area contributed by atoms with E-state index in [1.54, 1.807) is 19.1 Å². The summed E-state index contributed by atoms with van der Waals surface area (Å²) in [5.41, 5.74) is 1.13. The van der Waals surface area contributed by atoms with Crippen molar-refractivity contribution in [2.75, 3.05) is 26.2 Å². The average molecular weight is 326 g/mol. The van der Waals surface area contributed by atoms with Gasteiger partial charge >= 0.3 is 0 Å². The number of nitro benzene ring substituents is 1. The van der Waals surface area contributed by atoms with Crippen LogP contribution in [0.5, 0.6) is 0 Å². The topological polar surface area (TPSA) is 75.5 Å². The Labute approximate surface area is 135 Å². The second-order valence-electron chi connectivity index (χ2n) is 6.11. The lowest BCUT2D eigenvalue weighted by atomic mass is 9.86. The van der Waals surface area contributed by atoms with Gasteiger partial charge in [0.2, 0.25) is 0 Å². The Kier molecular flexibility index (Phi) is 4.72. The van der Waals surface area contributed by atoms with Gasteiger partial charge in [-0.15, -0.1) is 12.4 Å². The van der Waals surface area contributed by atoms with Crippen molar-refractivity contribution in [2.24, 2.45) is 5.41 Å². The molecule has 1 N–H and O–H groups in total. The lowest BCUT2D eigenvalue weighted by Gasteiger charge is -2.23. The molecule has 1 aromatic rings. The quantitative estimate of drug-likeness (QED) is 0.667. The van der Waals surface area contributed by atoms with Gasteiger partial charge in [0.05, 0.1) is 4.92 Å². The number of nitrogens with one attached hydrogen (secondary N) is 1. The number of hydrogen-bond acceptors (Lipinski definition) is 4. The molecule has 22 heavy (non-hydrogen) atoms. The zero-order chi connectivity index (χ0) is 15.0. The average Bonchev–Trinajstić information content (AvgIpc) is 3.09. The van der Waals surface area contributed by atoms with E-state index in [9.17, 15) is 14.9 Å². The summed E-state index contributed by atoms with van der Waals surface area (Å²) in [5.74, 6) is -0.0834. The molecule has 2 fully saturated rings. The van der Waals surface area contributed by atoms with Gasteiger partial charge in [0.25, 0.3) is 11.6 Å². The maximum atomic E-state index is 12.7. The minimum Gasteiger partial charge on any atom is -0.338 e. The molecule has 6 nitrogen and oxygen atoms in total. The van der Waals surface area contributed by atoms with Crippen LogP contribution < -0.4 is 5.32 Å². The first-order valence-electron chi connectivity index (χ1n) is 7.26. The molecule has 1 atom stereocenters. The number of halogens is 1. The predicted octanol–water partition coefficient (Wildman–Crippen LogP) is 2.15. The fourth-order valence-electron chi connectivity index (χ4n) is 3.48. The van der Waals surface area contributed by atoms with Crippen LogP contribution in [0.25, 0.3) is 0 Å². The molecule has 0 bridgehead atoms. The van der Waals surface area contributed by atoms with E-state index in [1.807, 2.05) is 4.90 Å². The highest BCUT2D eigenvalue weighted by atomic mass is 35.5. The summed E-state index contributed by atoms with van der Waals surface area (Å²) in [6, 6.07) is 4.71. The highest BCUT2D eigenvalue weighted by molar-refractivity contribution is 5.96. The largest absolute Gasteiger partial charge is 0.338 e. The number of nitro groups is 1. The van der Waals surface area contributed by atoms with Crippen molar-refractivity contribution in [3.63, 3.8) is 0 Å². The molecule has 0 saturated carbocycles. The number of carbonyl (C=O) groups is 1. The van der Waals surface area contributed by atoms with E-state index < -0.39 is 4.92 Å². The molecule has 2 aliphatic heterocycles. The smallest absolute Gasteiger partial charge is 0.273 e. The summed E-state index contributed by atoms with van der Waals surface area (Å²) in [4.78, 5) is 25.1. The third-order valence-corrected chi connectivity index (χ3v) is 4.79. The third-order valence-electron chi connectivity index (χ3n) is 4.79.